The minimum absolute atomic E-state index is 0.301. The predicted octanol–water partition coefficient (Wildman–Crippen LogP) is 3.21. The van der Waals surface area contributed by atoms with Crippen molar-refractivity contribution in [1.29, 1.82) is 0 Å². The summed E-state index contributed by atoms with van der Waals surface area (Å²) >= 11 is 0. The van der Waals surface area contributed by atoms with Gasteiger partial charge in [0, 0.05) is 17.7 Å². The molecule has 19 heavy (non-hydrogen) atoms. The zero-order valence-corrected chi connectivity index (χ0v) is 11.9. The lowest BCUT2D eigenvalue weighted by molar-refractivity contribution is 0.647. The van der Waals surface area contributed by atoms with Crippen molar-refractivity contribution in [2.75, 3.05) is 6.54 Å². The Morgan fingerprint density at radius 2 is 2.00 bits per heavy atom. The van der Waals surface area contributed by atoms with Crippen LogP contribution in [0.25, 0.3) is 11.3 Å². The summed E-state index contributed by atoms with van der Waals surface area (Å²) in [7, 11) is 0. The lowest BCUT2D eigenvalue weighted by Gasteiger charge is -2.11. The minimum Gasteiger partial charge on any atom is -0.330 e. The van der Waals surface area contributed by atoms with Gasteiger partial charge in [0.25, 0.3) is 0 Å². The van der Waals surface area contributed by atoms with Crippen molar-refractivity contribution in [2.45, 2.75) is 33.1 Å². The largest absolute Gasteiger partial charge is 0.330 e. The SMILES string of the molecule is Cc1ccc(C)c(-c2ccnc(C(C)CCN)n2)c1. The van der Waals surface area contributed by atoms with Gasteiger partial charge < -0.3 is 5.73 Å². The van der Waals surface area contributed by atoms with Crippen molar-refractivity contribution < 1.29 is 0 Å². The lowest BCUT2D eigenvalue weighted by atomic mass is 10.0. The molecular weight excluding hydrogens is 234 g/mol. The van der Waals surface area contributed by atoms with Crippen LogP contribution >= 0.6 is 0 Å². The molecule has 3 nitrogen and oxygen atoms in total. The quantitative estimate of drug-likeness (QED) is 0.912. The molecule has 1 aromatic carbocycles. The molecule has 0 radical (unpaired) electrons. The Kier molecular flexibility index (Phi) is 4.27. The molecule has 2 aromatic rings. The molecule has 1 atom stereocenters. The highest BCUT2D eigenvalue weighted by molar-refractivity contribution is 5.64. The fraction of sp³-hybridized carbons (Fsp3) is 0.375. The number of nitrogens with zero attached hydrogens (tertiary/aromatic N) is 2. The van der Waals surface area contributed by atoms with Gasteiger partial charge in [-0.15, -0.1) is 0 Å². The van der Waals surface area contributed by atoms with E-state index in [4.69, 9.17) is 10.7 Å². The Labute approximate surface area is 114 Å². The highest BCUT2D eigenvalue weighted by Crippen LogP contribution is 2.24. The third kappa shape index (κ3) is 3.18. The van der Waals surface area contributed by atoms with Gasteiger partial charge in [-0.1, -0.05) is 24.6 Å². The third-order valence-corrected chi connectivity index (χ3v) is 3.38. The second kappa shape index (κ2) is 5.93. The lowest BCUT2D eigenvalue weighted by Crippen LogP contribution is -2.08. The fourth-order valence-corrected chi connectivity index (χ4v) is 2.15. The normalized spacial score (nSPS) is 12.4. The van der Waals surface area contributed by atoms with Gasteiger partial charge in [-0.2, -0.15) is 0 Å². The van der Waals surface area contributed by atoms with Crippen molar-refractivity contribution >= 4 is 0 Å². The van der Waals surface area contributed by atoms with E-state index in [1.807, 2.05) is 12.3 Å². The van der Waals surface area contributed by atoms with E-state index < -0.39 is 0 Å². The number of benzene rings is 1. The summed E-state index contributed by atoms with van der Waals surface area (Å²) in [5.41, 5.74) is 10.3. The molecule has 0 saturated heterocycles. The average molecular weight is 255 g/mol. The number of aryl methyl sites for hydroxylation is 2. The van der Waals surface area contributed by atoms with Gasteiger partial charge in [0.05, 0.1) is 5.69 Å². The summed E-state index contributed by atoms with van der Waals surface area (Å²) < 4.78 is 0. The van der Waals surface area contributed by atoms with Crippen molar-refractivity contribution in [3.05, 3.63) is 47.4 Å². The Balaban J connectivity index is 2.40. The van der Waals surface area contributed by atoms with Crippen LogP contribution in [0.4, 0.5) is 0 Å². The third-order valence-electron chi connectivity index (χ3n) is 3.38. The van der Waals surface area contributed by atoms with Crippen LogP contribution in [0.2, 0.25) is 0 Å². The maximum absolute atomic E-state index is 5.60. The molecule has 0 aliphatic rings. The first-order valence-electron chi connectivity index (χ1n) is 6.72. The summed E-state index contributed by atoms with van der Waals surface area (Å²) in [5, 5.41) is 0. The minimum atomic E-state index is 0.301. The molecule has 0 saturated carbocycles. The van der Waals surface area contributed by atoms with E-state index >= 15 is 0 Å². The summed E-state index contributed by atoms with van der Waals surface area (Å²) in [6.07, 6.45) is 2.75. The van der Waals surface area contributed by atoms with E-state index in [0.29, 0.717) is 12.5 Å². The molecule has 1 heterocycles. The van der Waals surface area contributed by atoms with E-state index in [1.54, 1.807) is 0 Å². The molecule has 0 bridgehead atoms. The highest BCUT2D eigenvalue weighted by atomic mass is 14.9. The monoisotopic (exact) mass is 255 g/mol. The first kappa shape index (κ1) is 13.7. The molecule has 1 unspecified atom stereocenters. The van der Waals surface area contributed by atoms with Gasteiger partial charge in [-0.25, -0.2) is 9.97 Å². The number of hydrogen-bond donors (Lipinski definition) is 1. The molecule has 0 spiro atoms. The topological polar surface area (TPSA) is 51.8 Å². The number of aromatic nitrogens is 2. The van der Waals surface area contributed by atoms with Gasteiger partial charge in [-0.3, -0.25) is 0 Å². The van der Waals surface area contributed by atoms with Crippen LogP contribution in [0.3, 0.4) is 0 Å². The van der Waals surface area contributed by atoms with E-state index in [1.165, 1.54) is 16.7 Å². The molecule has 3 heteroatoms. The summed E-state index contributed by atoms with van der Waals surface area (Å²) in [6.45, 7) is 7.00. The summed E-state index contributed by atoms with van der Waals surface area (Å²) in [6, 6.07) is 8.41. The average Bonchev–Trinajstić information content (AvgIpc) is 2.42. The Hall–Kier alpha value is -1.74. The molecule has 0 aliphatic carbocycles. The van der Waals surface area contributed by atoms with Crippen molar-refractivity contribution in [1.82, 2.24) is 9.97 Å². The zero-order valence-electron chi connectivity index (χ0n) is 11.9. The van der Waals surface area contributed by atoms with E-state index in [2.05, 4.69) is 44.0 Å². The molecule has 0 fully saturated rings. The zero-order chi connectivity index (χ0) is 13.8. The molecule has 100 valence electrons. The standard InChI is InChI=1S/C16H21N3/c1-11-4-5-12(2)14(10-11)15-7-9-18-16(19-15)13(3)6-8-17/h4-5,7,9-10,13H,6,8,17H2,1-3H3. The summed E-state index contributed by atoms with van der Waals surface area (Å²) in [5.74, 6) is 1.18. The number of hydrogen-bond acceptors (Lipinski definition) is 3. The number of rotatable bonds is 4. The van der Waals surface area contributed by atoms with Gasteiger partial charge in [0.2, 0.25) is 0 Å². The van der Waals surface area contributed by atoms with E-state index in [9.17, 15) is 0 Å². The molecule has 1 aromatic heterocycles. The van der Waals surface area contributed by atoms with Crippen LogP contribution in [-0.2, 0) is 0 Å². The predicted molar refractivity (Wildman–Crippen MR) is 79.0 cm³/mol. The van der Waals surface area contributed by atoms with Gasteiger partial charge in [-0.05, 0) is 44.5 Å². The first-order valence-corrected chi connectivity index (χ1v) is 6.72. The molecular formula is C16H21N3. The second-order valence-corrected chi connectivity index (χ2v) is 5.10. The molecule has 0 amide bonds. The Bertz CT molecular complexity index is 564. The van der Waals surface area contributed by atoms with Crippen LogP contribution in [-0.4, -0.2) is 16.5 Å². The van der Waals surface area contributed by atoms with E-state index in [-0.39, 0.29) is 0 Å². The number of nitrogens with two attached hydrogens (primary N) is 1. The van der Waals surface area contributed by atoms with Crippen molar-refractivity contribution in [3.8, 4) is 11.3 Å². The maximum Gasteiger partial charge on any atom is 0.131 e. The van der Waals surface area contributed by atoms with E-state index in [0.717, 1.165) is 17.9 Å². The maximum atomic E-state index is 5.60. The Morgan fingerprint density at radius 1 is 1.21 bits per heavy atom. The second-order valence-electron chi connectivity index (χ2n) is 5.10. The Morgan fingerprint density at radius 3 is 2.74 bits per heavy atom. The fourth-order valence-electron chi connectivity index (χ4n) is 2.15. The smallest absolute Gasteiger partial charge is 0.131 e. The van der Waals surface area contributed by atoms with Crippen LogP contribution < -0.4 is 5.73 Å². The van der Waals surface area contributed by atoms with Crippen molar-refractivity contribution in [3.63, 3.8) is 0 Å². The van der Waals surface area contributed by atoms with Gasteiger partial charge >= 0.3 is 0 Å². The molecule has 2 N–H and O–H groups in total. The van der Waals surface area contributed by atoms with Gasteiger partial charge in [0.15, 0.2) is 0 Å². The van der Waals surface area contributed by atoms with Gasteiger partial charge in [0.1, 0.15) is 5.82 Å². The molecule has 0 aliphatic heterocycles. The summed E-state index contributed by atoms with van der Waals surface area (Å²) in [4.78, 5) is 9.07. The first-order chi connectivity index (χ1) is 9.11. The highest BCUT2D eigenvalue weighted by Gasteiger charge is 2.10. The van der Waals surface area contributed by atoms with Crippen LogP contribution in [0.15, 0.2) is 30.5 Å². The molecule has 2 rings (SSSR count). The van der Waals surface area contributed by atoms with Crippen LogP contribution in [0.5, 0.6) is 0 Å². The van der Waals surface area contributed by atoms with Crippen molar-refractivity contribution in [2.24, 2.45) is 5.73 Å². The van der Waals surface area contributed by atoms with Crippen LogP contribution in [0, 0.1) is 13.8 Å². The van der Waals surface area contributed by atoms with Crippen LogP contribution in [0.1, 0.15) is 36.2 Å².